The number of rotatable bonds is 42. The topological polar surface area (TPSA) is 490 Å². The molecule has 0 aliphatic heterocycles. The van der Waals surface area contributed by atoms with Crippen molar-refractivity contribution in [2.24, 2.45) is 68.8 Å². The Bertz CT molecular complexity index is 2170. The van der Waals surface area contributed by atoms with E-state index in [1.807, 2.05) is 34.6 Å². The van der Waals surface area contributed by atoms with Crippen LogP contribution >= 0.6 is 0 Å². The van der Waals surface area contributed by atoms with Crippen molar-refractivity contribution in [2.75, 3.05) is 19.6 Å². The number of aliphatic imine (C=N–C) groups is 1. The highest BCUT2D eigenvalue weighted by Crippen LogP contribution is 2.15. The molecular weight excluding hydrogens is 1050 g/mol. The zero-order valence-electron chi connectivity index (χ0n) is 48.9. The summed E-state index contributed by atoms with van der Waals surface area (Å²) in [5, 5.41) is 21.8. The molecule has 0 spiro atoms. The average molecular weight is 1150 g/mol. The van der Waals surface area contributed by atoms with E-state index in [-0.39, 0.29) is 88.0 Å². The molecule has 460 valence electrons. The molecule has 0 saturated heterocycles. The van der Waals surface area contributed by atoms with Crippen molar-refractivity contribution in [3.05, 3.63) is 18.2 Å². The number of nitrogens with zero attached hydrogens (tertiary/aromatic N) is 2. The number of nitrogens with one attached hydrogen (secondary N) is 9. The minimum atomic E-state index is -1.40. The van der Waals surface area contributed by atoms with Crippen LogP contribution in [0.2, 0.25) is 0 Å². The summed E-state index contributed by atoms with van der Waals surface area (Å²) in [6.07, 6.45) is 5.94. The first-order valence-electron chi connectivity index (χ1n) is 28.3. The third-order valence-electron chi connectivity index (χ3n) is 13.2. The SMILES string of the molecule is CCC(C)C(NC(=O)C(CCCCN)NC(=O)C(N)CCCCN)C(=O)NC(CC(C)C)C(=O)NC(Cc1cnc[nH]1)C(=O)NC(CCCN=C(N)N)C(=O)NC(CC(C)C)C(=O)NC(CC(C)C)C(=O)NC(CCC(N)=O)C(N)=O. The van der Waals surface area contributed by atoms with Crippen LogP contribution in [0.4, 0.5) is 0 Å². The lowest BCUT2D eigenvalue weighted by Crippen LogP contribution is -2.61. The molecule has 0 aromatic carbocycles. The number of primary amides is 2. The molecule has 0 saturated carbocycles. The van der Waals surface area contributed by atoms with E-state index >= 15 is 0 Å². The van der Waals surface area contributed by atoms with Gasteiger partial charge < -0.3 is 87.7 Å². The molecule has 28 nitrogen and oxygen atoms in total. The highest BCUT2D eigenvalue weighted by Gasteiger charge is 2.37. The highest BCUT2D eigenvalue weighted by molar-refractivity contribution is 5.98. The van der Waals surface area contributed by atoms with E-state index in [1.165, 1.54) is 12.5 Å². The van der Waals surface area contributed by atoms with Crippen molar-refractivity contribution in [2.45, 2.75) is 206 Å². The maximum absolute atomic E-state index is 14.6. The Hall–Kier alpha value is -6.94. The molecule has 1 heterocycles. The number of hydrogen-bond acceptors (Lipinski definition) is 15. The molecule has 0 aliphatic carbocycles. The molecule has 0 bridgehead atoms. The van der Waals surface area contributed by atoms with Crippen molar-refractivity contribution in [3.8, 4) is 0 Å². The molecule has 1 rings (SSSR count). The zero-order valence-corrected chi connectivity index (χ0v) is 48.9. The predicted octanol–water partition coefficient (Wildman–Crippen LogP) is -2.60. The van der Waals surface area contributed by atoms with Crippen molar-refractivity contribution in [1.29, 1.82) is 0 Å². The van der Waals surface area contributed by atoms with Crippen LogP contribution in [0.3, 0.4) is 0 Å². The number of H-pyrrole nitrogens is 1. The Morgan fingerprint density at radius 3 is 1.38 bits per heavy atom. The summed E-state index contributed by atoms with van der Waals surface area (Å²) in [6.45, 7) is 15.3. The van der Waals surface area contributed by atoms with Gasteiger partial charge >= 0.3 is 0 Å². The fourth-order valence-corrected chi connectivity index (χ4v) is 8.54. The summed E-state index contributed by atoms with van der Waals surface area (Å²) in [7, 11) is 0. The van der Waals surface area contributed by atoms with Crippen LogP contribution in [0.25, 0.3) is 0 Å². The molecule has 28 heteroatoms. The lowest BCUT2D eigenvalue weighted by atomic mass is 9.96. The Labute approximate surface area is 476 Å². The third-order valence-corrected chi connectivity index (χ3v) is 13.2. The van der Waals surface area contributed by atoms with Crippen LogP contribution in [0.1, 0.15) is 151 Å². The molecule has 10 atom stereocenters. The lowest BCUT2D eigenvalue weighted by molar-refractivity contribution is -0.136. The van der Waals surface area contributed by atoms with Gasteiger partial charge in [-0.05, 0) is 107 Å². The maximum Gasteiger partial charge on any atom is 0.243 e. The number of amides is 10. The fourth-order valence-electron chi connectivity index (χ4n) is 8.54. The lowest BCUT2D eigenvalue weighted by Gasteiger charge is -2.30. The van der Waals surface area contributed by atoms with E-state index < -0.39 is 119 Å². The molecule has 10 amide bonds. The summed E-state index contributed by atoms with van der Waals surface area (Å²) >= 11 is 0. The Morgan fingerprint density at radius 1 is 0.519 bits per heavy atom. The number of unbranched alkanes of at least 4 members (excludes halogenated alkanes) is 2. The van der Waals surface area contributed by atoms with Gasteiger partial charge in [0.05, 0.1) is 12.4 Å². The summed E-state index contributed by atoms with van der Waals surface area (Å²) in [5.41, 5.74) is 39.8. The number of hydrogen-bond donors (Lipinski definition) is 16. The van der Waals surface area contributed by atoms with Gasteiger partial charge in [-0.3, -0.25) is 52.9 Å². The smallest absolute Gasteiger partial charge is 0.243 e. The second-order valence-corrected chi connectivity index (χ2v) is 22.0. The minimum Gasteiger partial charge on any atom is -0.370 e. The molecule has 0 fully saturated rings. The average Bonchev–Trinajstić information content (AvgIpc) is 3.91. The zero-order chi connectivity index (χ0) is 61.4. The van der Waals surface area contributed by atoms with E-state index in [9.17, 15) is 47.9 Å². The van der Waals surface area contributed by atoms with Crippen molar-refractivity contribution < 1.29 is 47.9 Å². The Kier molecular flexibility index (Phi) is 34.4. The number of aromatic amines is 1. The summed E-state index contributed by atoms with van der Waals surface area (Å²) in [5.74, 6) is -8.60. The van der Waals surface area contributed by atoms with Gasteiger partial charge in [-0.25, -0.2) is 4.98 Å². The Balaban J connectivity index is 3.64. The predicted molar refractivity (Wildman–Crippen MR) is 307 cm³/mol. The highest BCUT2D eigenvalue weighted by atomic mass is 16.2. The number of aromatic nitrogens is 2. The molecule has 23 N–H and O–H groups in total. The molecule has 0 radical (unpaired) electrons. The first-order valence-corrected chi connectivity index (χ1v) is 28.3. The third kappa shape index (κ3) is 29.4. The summed E-state index contributed by atoms with van der Waals surface area (Å²) in [6, 6.07) is -10.9. The maximum atomic E-state index is 14.6. The van der Waals surface area contributed by atoms with Crippen LogP contribution in [0.15, 0.2) is 17.5 Å². The molecule has 10 unspecified atom stereocenters. The summed E-state index contributed by atoms with van der Waals surface area (Å²) in [4.78, 5) is 147. The number of imidazole rings is 1. The van der Waals surface area contributed by atoms with Gasteiger partial charge in [0.25, 0.3) is 0 Å². The standard InChI is InChI=1S/C53H98N18O10/c1-9-32(8)43(71-47(76)36(16-11-13-21-55)65-45(74)34(56)15-10-12-20-54)52(81)70-40(25-31(6)7)50(79)69-41(26-33-27-61-28-63-33)51(80)66-37(17-14-22-62-53(59)60)46(75)67-39(24-30(4)5)49(78)68-38(23-29(2)3)48(77)64-35(44(58)73)18-19-42(57)72/h27-32,34-41,43H,9-26,54-56H2,1-8H3,(H2,57,72)(H2,58,73)(H,61,63)(H,64,77)(H,65,74)(H,66,80)(H,67,75)(H,68,78)(H,69,79)(H,70,81)(H,71,76)(H4,59,60,62). The van der Waals surface area contributed by atoms with E-state index in [4.69, 9.17) is 40.1 Å². The first kappa shape index (κ1) is 72.1. The van der Waals surface area contributed by atoms with Gasteiger partial charge in [0.1, 0.15) is 48.3 Å². The van der Waals surface area contributed by atoms with Gasteiger partial charge in [0, 0.05) is 31.3 Å². The van der Waals surface area contributed by atoms with Crippen molar-refractivity contribution >= 4 is 65.0 Å². The van der Waals surface area contributed by atoms with E-state index in [0.717, 1.165) is 0 Å². The molecular formula is C53H98N18O10. The quantitative estimate of drug-likeness (QED) is 0.0181. The van der Waals surface area contributed by atoms with Gasteiger partial charge in [-0.15, -0.1) is 0 Å². The summed E-state index contributed by atoms with van der Waals surface area (Å²) < 4.78 is 0. The van der Waals surface area contributed by atoms with Crippen LogP contribution in [-0.4, -0.2) is 149 Å². The van der Waals surface area contributed by atoms with E-state index in [0.29, 0.717) is 57.3 Å². The Morgan fingerprint density at radius 2 is 0.938 bits per heavy atom. The van der Waals surface area contributed by atoms with Crippen LogP contribution in [0.5, 0.6) is 0 Å². The van der Waals surface area contributed by atoms with Crippen LogP contribution in [0, 0.1) is 23.7 Å². The largest absolute Gasteiger partial charge is 0.370 e. The number of carbonyl (C=O) groups is 10. The van der Waals surface area contributed by atoms with Crippen molar-refractivity contribution in [1.82, 2.24) is 52.5 Å². The fraction of sp³-hybridized carbons (Fsp3) is 0.736. The molecule has 0 aliphatic rings. The van der Waals surface area contributed by atoms with Crippen LogP contribution < -0.4 is 82.7 Å². The van der Waals surface area contributed by atoms with Gasteiger partial charge in [0.2, 0.25) is 59.1 Å². The second kappa shape index (κ2) is 38.7. The van der Waals surface area contributed by atoms with Gasteiger partial charge in [-0.1, -0.05) is 68.2 Å². The van der Waals surface area contributed by atoms with Gasteiger partial charge in [-0.2, -0.15) is 0 Å². The minimum absolute atomic E-state index is 0.0476. The van der Waals surface area contributed by atoms with E-state index in [2.05, 4.69) is 57.5 Å². The number of carbonyl (C=O) groups excluding carboxylic acids is 10. The molecule has 81 heavy (non-hydrogen) atoms. The number of nitrogens with two attached hydrogens (primary N) is 7. The van der Waals surface area contributed by atoms with E-state index in [1.54, 1.807) is 20.8 Å². The first-order chi connectivity index (χ1) is 38.1. The van der Waals surface area contributed by atoms with Gasteiger partial charge in [0.15, 0.2) is 5.96 Å². The molecule has 1 aromatic heterocycles. The normalized spacial score (nSPS) is 15.0. The van der Waals surface area contributed by atoms with Crippen LogP contribution in [-0.2, 0) is 54.4 Å². The monoisotopic (exact) mass is 1150 g/mol. The van der Waals surface area contributed by atoms with Crippen molar-refractivity contribution in [3.63, 3.8) is 0 Å². The second-order valence-electron chi connectivity index (χ2n) is 22.0. The number of guanidine groups is 1. The molecule has 1 aromatic rings.